The lowest BCUT2D eigenvalue weighted by atomic mass is 9.88. The van der Waals surface area contributed by atoms with E-state index in [0.29, 0.717) is 60.2 Å². The highest BCUT2D eigenvalue weighted by Crippen LogP contribution is 2.33. The summed E-state index contributed by atoms with van der Waals surface area (Å²) in [4.78, 5) is 23.0. The van der Waals surface area contributed by atoms with Crippen molar-refractivity contribution < 1.29 is 33.6 Å². The molecule has 0 spiro atoms. The standard InChI is InChI=1S/C26H34O7/c1-18-22(11-9-20(25(18)29)21(28)12-13-26(2,3)4)31-14-6-7-15-32-24-16-19(33-17-27)8-10-23(24)30-5/h8-11,16-17,29H,6-7,12-15H2,1-5H3. The van der Waals surface area contributed by atoms with E-state index >= 15 is 0 Å². The van der Waals surface area contributed by atoms with Crippen LogP contribution in [0.4, 0.5) is 0 Å². The Kier molecular flexibility index (Phi) is 9.57. The number of rotatable bonds is 13. The molecular formula is C26H34O7. The van der Waals surface area contributed by atoms with Gasteiger partial charge >= 0.3 is 0 Å². The first-order valence-corrected chi connectivity index (χ1v) is 11.1. The topological polar surface area (TPSA) is 91.3 Å². The van der Waals surface area contributed by atoms with E-state index in [2.05, 4.69) is 20.8 Å². The Balaban J connectivity index is 1.83. The second-order valence-electron chi connectivity index (χ2n) is 9.00. The van der Waals surface area contributed by atoms with Gasteiger partial charge < -0.3 is 24.1 Å². The van der Waals surface area contributed by atoms with Gasteiger partial charge in [0.05, 0.1) is 25.9 Å². The van der Waals surface area contributed by atoms with Crippen molar-refractivity contribution in [3.05, 3.63) is 41.5 Å². The number of Topliss-reactive ketones (excluding diaryl/α,β-unsaturated/α-hetero) is 1. The number of phenolic OH excluding ortho intramolecular Hbond substituents is 1. The minimum absolute atomic E-state index is 0.0146. The Bertz CT molecular complexity index is 944. The first kappa shape index (κ1) is 26.0. The third-order valence-corrected chi connectivity index (χ3v) is 5.16. The Morgan fingerprint density at radius 3 is 2.24 bits per heavy atom. The molecule has 7 nitrogen and oxygen atoms in total. The first-order chi connectivity index (χ1) is 15.7. The van der Waals surface area contributed by atoms with E-state index in [1.807, 2.05) is 0 Å². The highest BCUT2D eigenvalue weighted by atomic mass is 16.5. The molecule has 7 heteroatoms. The van der Waals surface area contributed by atoms with Gasteiger partial charge in [-0.1, -0.05) is 20.8 Å². The molecule has 0 aliphatic heterocycles. The smallest absolute Gasteiger partial charge is 0.298 e. The summed E-state index contributed by atoms with van der Waals surface area (Å²) in [6.07, 6.45) is 2.59. The fraction of sp³-hybridized carbons (Fsp3) is 0.462. The van der Waals surface area contributed by atoms with E-state index in [9.17, 15) is 14.7 Å². The molecule has 1 N–H and O–H groups in total. The lowest BCUT2D eigenvalue weighted by Gasteiger charge is -2.18. The van der Waals surface area contributed by atoms with Crippen molar-refractivity contribution in [3.63, 3.8) is 0 Å². The molecule has 0 bridgehead atoms. The van der Waals surface area contributed by atoms with Gasteiger partial charge in [-0.3, -0.25) is 9.59 Å². The summed E-state index contributed by atoms with van der Waals surface area (Å²) in [5, 5.41) is 10.5. The Morgan fingerprint density at radius 2 is 1.64 bits per heavy atom. The predicted molar refractivity (Wildman–Crippen MR) is 126 cm³/mol. The summed E-state index contributed by atoms with van der Waals surface area (Å²) in [5.41, 5.74) is 0.960. The van der Waals surface area contributed by atoms with Crippen LogP contribution in [0.15, 0.2) is 30.3 Å². The number of benzene rings is 2. The Labute approximate surface area is 195 Å². The monoisotopic (exact) mass is 458 g/mol. The van der Waals surface area contributed by atoms with Crippen LogP contribution >= 0.6 is 0 Å². The van der Waals surface area contributed by atoms with Gasteiger partial charge in [0.15, 0.2) is 17.3 Å². The Morgan fingerprint density at radius 1 is 1.00 bits per heavy atom. The molecule has 33 heavy (non-hydrogen) atoms. The second kappa shape index (κ2) is 12.1. The van der Waals surface area contributed by atoms with E-state index in [-0.39, 0.29) is 16.9 Å². The van der Waals surface area contributed by atoms with Crippen molar-refractivity contribution in [2.45, 2.75) is 53.4 Å². The first-order valence-electron chi connectivity index (χ1n) is 11.1. The van der Waals surface area contributed by atoms with Crippen LogP contribution in [0.25, 0.3) is 0 Å². The number of unbranched alkanes of at least 4 members (excludes halogenated alkanes) is 1. The van der Waals surface area contributed by atoms with Crippen molar-refractivity contribution in [1.29, 1.82) is 0 Å². The van der Waals surface area contributed by atoms with Crippen molar-refractivity contribution in [2.75, 3.05) is 20.3 Å². The van der Waals surface area contributed by atoms with E-state index in [0.717, 1.165) is 19.3 Å². The average Bonchev–Trinajstić information content (AvgIpc) is 2.77. The maximum Gasteiger partial charge on any atom is 0.298 e. The second-order valence-corrected chi connectivity index (χ2v) is 9.00. The van der Waals surface area contributed by atoms with E-state index < -0.39 is 0 Å². The van der Waals surface area contributed by atoms with Crippen molar-refractivity contribution in [3.8, 4) is 28.7 Å². The lowest BCUT2D eigenvalue weighted by Crippen LogP contribution is -2.10. The van der Waals surface area contributed by atoms with Crippen LogP contribution in [-0.2, 0) is 4.79 Å². The molecule has 0 saturated carbocycles. The molecule has 0 amide bonds. The number of ketones is 1. The fourth-order valence-electron chi connectivity index (χ4n) is 3.15. The largest absolute Gasteiger partial charge is 0.507 e. The minimum atomic E-state index is -0.0627. The number of phenols is 1. The maximum absolute atomic E-state index is 12.5. The number of aromatic hydroxyl groups is 1. The molecule has 0 aromatic heterocycles. The van der Waals surface area contributed by atoms with Crippen LogP contribution < -0.4 is 18.9 Å². The van der Waals surface area contributed by atoms with Crippen LogP contribution in [0.3, 0.4) is 0 Å². The predicted octanol–water partition coefficient (Wildman–Crippen LogP) is 5.49. The number of methoxy groups -OCH3 is 1. The van der Waals surface area contributed by atoms with Gasteiger partial charge in [0.1, 0.15) is 17.2 Å². The van der Waals surface area contributed by atoms with Crippen molar-refractivity contribution >= 4 is 12.3 Å². The van der Waals surface area contributed by atoms with Crippen LogP contribution in [0.2, 0.25) is 0 Å². The number of ether oxygens (including phenoxy) is 4. The molecule has 0 radical (unpaired) electrons. The minimum Gasteiger partial charge on any atom is -0.507 e. The zero-order valence-electron chi connectivity index (χ0n) is 20.1. The normalized spacial score (nSPS) is 11.1. The number of carbonyl (C=O) groups excluding carboxylic acids is 2. The molecule has 2 aromatic carbocycles. The number of carbonyl (C=O) groups is 2. The summed E-state index contributed by atoms with van der Waals surface area (Å²) in [7, 11) is 1.54. The molecule has 180 valence electrons. The zero-order chi connectivity index (χ0) is 24.4. The third kappa shape index (κ3) is 8.00. The van der Waals surface area contributed by atoms with E-state index in [1.165, 1.54) is 7.11 Å². The lowest BCUT2D eigenvalue weighted by molar-refractivity contribution is -0.120. The van der Waals surface area contributed by atoms with Gasteiger partial charge in [0.25, 0.3) is 6.47 Å². The maximum atomic E-state index is 12.5. The zero-order valence-corrected chi connectivity index (χ0v) is 20.1. The summed E-state index contributed by atoms with van der Waals surface area (Å²) in [6, 6.07) is 8.26. The highest BCUT2D eigenvalue weighted by molar-refractivity contribution is 5.99. The van der Waals surface area contributed by atoms with Gasteiger partial charge in [0, 0.05) is 18.1 Å². The van der Waals surface area contributed by atoms with Gasteiger partial charge in [-0.15, -0.1) is 0 Å². The highest BCUT2D eigenvalue weighted by Gasteiger charge is 2.19. The van der Waals surface area contributed by atoms with Gasteiger partial charge in [-0.05, 0) is 55.9 Å². The summed E-state index contributed by atoms with van der Waals surface area (Å²) in [6.45, 7) is 9.23. The van der Waals surface area contributed by atoms with Crippen molar-refractivity contribution in [2.24, 2.45) is 5.41 Å². The molecule has 0 aliphatic carbocycles. The van der Waals surface area contributed by atoms with Gasteiger partial charge in [0.2, 0.25) is 0 Å². The number of hydrogen-bond acceptors (Lipinski definition) is 7. The third-order valence-electron chi connectivity index (χ3n) is 5.16. The molecule has 0 saturated heterocycles. The average molecular weight is 459 g/mol. The summed E-state index contributed by atoms with van der Waals surface area (Å²) in [5.74, 6) is 1.89. The molecule has 0 unspecified atom stereocenters. The molecule has 0 heterocycles. The number of hydrogen-bond donors (Lipinski definition) is 1. The van der Waals surface area contributed by atoms with Crippen LogP contribution in [-0.4, -0.2) is 37.7 Å². The van der Waals surface area contributed by atoms with Crippen LogP contribution in [0.1, 0.15) is 62.4 Å². The van der Waals surface area contributed by atoms with Gasteiger partial charge in [-0.25, -0.2) is 0 Å². The van der Waals surface area contributed by atoms with Gasteiger partial charge in [-0.2, -0.15) is 0 Å². The van der Waals surface area contributed by atoms with E-state index in [1.54, 1.807) is 37.3 Å². The SMILES string of the molecule is COc1ccc(OC=O)cc1OCCCCOc1ccc(C(=O)CCC(C)(C)C)c(O)c1C. The van der Waals surface area contributed by atoms with E-state index in [4.69, 9.17) is 18.9 Å². The van der Waals surface area contributed by atoms with Crippen molar-refractivity contribution in [1.82, 2.24) is 0 Å². The molecule has 2 aromatic rings. The fourth-order valence-corrected chi connectivity index (χ4v) is 3.15. The van der Waals surface area contributed by atoms with Crippen LogP contribution in [0.5, 0.6) is 28.7 Å². The Hall–Kier alpha value is -3.22. The summed E-state index contributed by atoms with van der Waals surface area (Å²) >= 11 is 0. The molecule has 0 aliphatic rings. The summed E-state index contributed by atoms with van der Waals surface area (Å²) < 4.78 is 21.6. The van der Waals surface area contributed by atoms with Crippen LogP contribution in [0, 0.1) is 12.3 Å². The molecule has 2 rings (SSSR count). The molecule has 0 fully saturated rings. The quantitative estimate of drug-likeness (QED) is 0.241. The molecule has 0 atom stereocenters. The molecular weight excluding hydrogens is 424 g/mol.